The van der Waals surface area contributed by atoms with Crippen LogP contribution in [-0.2, 0) is 6.54 Å². The Morgan fingerprint density at radius 1 is 1.10 bits per heavy atom. The molecule has 1 heterocycles. The minimum absolute atomic E-state index is 0.189. The number of nitrogens with one attached hydrogen (secondary N) is 3. The Hall–Kier alpha value is -3.09. The molecule has 3 rings (SSSR count). The average Bonchev–Trinajstić information content (AvgIpc) is 3.00. The van der Waals surface area contributed by atoms with E-state index in [1.165, 1.54) is 0 Å². The number of aromatic nitrogens is 3. The van der Waals surface area contributed by atoms with Gasteiger partial charge in [-0.2, -0.15) is 15.4 Å². The lowest BCUT2D eigenvalue weighted by Crippen LogP contribution is -2.55. The van der Waals surface area contributed by atoms with Crippen molar-refractivity contribution in [3.63, 3.8) is 0 Å². The van der Waals surface area contributed by atoms with Crippen molar-refractivity contribution in [1.82, 2.24) is 20.7 Å². The quantitative estimate of drug-likeness (QED) is 0.643. The van der Waals surface area contributed by atoms with Crippen LogP contribution in [0.3, 0.4) is 0 Å². The highest BCUT2D eigenvalue weighted by atomic mass is 16.3. The van der Waals surface area contributed by atoms with Crippen molar-refractivity contribution in [2.75, 3.05) is 0 Å². The third kappa shape index (κ3) is 2.76. The van der Waals surface area contributed by atoms with Gasteiger partial charge < -0.3 is 5.32 Å². The standard InChI is InChI=1S/C14H11N5O2/c20-14(10-3-6-12-13(7-10)17-19-16-12)15-8-9-1-4-11(18-21)5-2-9/h1-7H,8H2,(H,15,20)(H,16,17,19)/p+1. The predicted molar refractivity (Wildman–Crippen MR) is 75.5 cm³/mol. The Morgan fingerprint density at radius 3 is 2.62 bits per heavy atom. The summed E-state index contributed by atoms with van der Waals surface area (Å²) in [6.07, 6.45) is 0. The molecule has 0 aliphatic rings. The van der Waals surface area contributed by atoms with Gasteiger partial charge in [-0.3, -0.25) is 4.79 Å². The lowest BCUT2D eigenvalue weighted by atomic mass is 10.1. The van der Waals surface area contributed by atoms with Crippen LogP contribution >= 0.6 is 0 Å². The first kappa shape index (κ1) is 12.9. The monoisotopic (exact) mass is 282 g/mol. The highest BCUT2D eigenvalue weighted by Crippen LogP contribution is 2.11. The van der Waals surface area contributed by atoms with E-state index in [0.717, 1.165) is 5.56 Å². The van der Waals surface area contributed by atoms with E-state index in [2.05, 4.69) is 20.7 Å². The second-order valence-corrected chi connectivity index (χ2v) is 4.51. The minimum Gasteiger partial charge on any atom is -0.348 e. The van der Waals surface area contributed by atoms with Crippen molar-refractivity contribution in [1.29, 1.82) is 0 Å². The first-order chi connectivity index (χ1) is 10.3. The third-order valence-corrected chi connectivity index (χ3v) is 3.10. The first-order valence-corrected chi connectivity index (χ1v) is 6.32. The molecule has 0 aliphatic heterocycles. The van der Waals surface area contributed by atoms with E-state index < -0.39 is 0 Å². The molecule has 0 saturated carbocycles. The van der Waals surface area contributed by atoms with Crippen LogP contribution in [0.1, 0.15) is 15.9 Å². The molecule has 7 nitrogen and oxygen atoms in total. The Labute approximate surface area is 119 Å². The van der Waals surface area contributed by atoms with Gasteiger partial charge in [0.2, 0.25) is 0 Å². The number of hydrogen-bond acceptors (Lipinski definition) is 4. The Balaban J connectivity index is 1.68. The molecule has 104 valence electrons. The SMILES string of the molecule is O=[NH+]c1ccc(CNC(=O)c2ccc3n[nH]nc3c2)cc1. The average molecular weight is 282 g/mol. The largest absolute Gasteiger partial charge is 0.348 e. The number of hydrogen-bond donors (Lipinski definition) is 3. The molecule has 3 N–H and O–H groups in total. The highest BCUT2D eigenvalue weighted by molar-refractivity contribution is 5.97. The molecule has 0 aliphatic carbocycles. The maximum Gasteiger partial charge on any atom is 0.253 e. The van der Waals surface area contributed by atoms with E-state index in [9.17, 15) is 9.70 Å². The van der Waals surface area contributed by atoms with Gasteiger partial charge in [-0.15, -0.1) is 0 Å². The summed E-state index contributed by atoms with van der Waals surface area (Å²) < 4.78 is 0. The highest BCUT2D eigenvalue weighted by Gasteiger charge is 2.08. The summed E-state index contributed by atoms with van der Waals surface area (Å²) in [6, 6.07) is 12.0. The summed E-state index contributed by atoms with van der Waals surface area (Å²) in [7, 11) is 0. The number of amides is 1. The van der Waals surface area contributed by atoms with Gasteiger partial charge in [0.1, 0.15) is 11.0 Å². The van der Waals surface area contributed by atoms with Gasteiger partial charge in [-0.1, -0.05) is 12.1 Å². The second-order valence-electron chi connectivity index (χ2n) is 4.51. The van der Waals surface area contributed by atoms with E-state index >= 15 is 0 Å². The van der Waals surface area contributed by atoms with E-state index in [1.807, 2.05) is 0 Å². The number of fused-ring (bicyclic) bond motifs is 1. The van der Waals surface area contributed by atoms with E-state index in [0.29, 0.717) is 28.8 Å². The molecule has 0 bridgehead atoms. The fourth-order valence-electron chi connectivity index (χ4n) is 1.96. The number of carbonyl (C=O) groups is 1. The normalized spacial score (nSPS) is 10.5. The number of H-pyrrole nitrogens is 1. The van der Waals surface area contributed by atoms with Gasteiger partial charge in [0.05, 0.1) is 0 Å². The maximum absolute atomic E-state index is 12.1. The number of rotatable bonds is 4. The van der Waals surface area contributed by atoms with Gasteiger partial charge in [-0.05, 0) is 23.8 Å². The molecule has 3 aromatic rings. The van der Waals surface area contributed by atoms with Crippen LogP contribution in [0.15, 0.2) is 42.5 Å². The van der Waals surface area contributed by atoms with Gasteiger partial charge in [0, 0.05) is 34.3 Å². The fourth-order valence-corrected chi connectivity index (χ4v) is 1.96. The van der Waals surface area contributed by atoms with Crippen LogP contribution in [0.25, 0.3) is 11.0 Å². The van der Waals surface area contributed by atoms with Gasteiger partial charge in [-0.25, -0.2) is 0 Å². The zero-order valence-corrected chi connectivity index (χ0v) is 11.0. The predicted octanol–water partition coefficient (Wildman–Crippen LogP) is 0.366. The molecule has 0 saturated heterocycles. The van der Waals surface area contributed by atoms with Crippen LogP contribution < -0.4 is 10.5 Å². The summed E-state index contributed by atoms with van der Waals surface area (Å²) in [5.74, 6) is -0.189. The van der Waals surface area contributed by atoms with Crippen LogP contribution in [0.4, 0.5) is 5.69 Å². The molecule has 0 unspecified atom stereocenters. The number of aromatic amines is 1. The van der Waals surface area contributed by atoms with Crippen molar-refractivity contribution in [3.05, 3.63) is 58.5 Å². The van der Waals surface area contributed by atoms with E-state index in [4.69, 9.17) is 0 Å². The van der Waals surface area contributed by atoms with Gasteiger partial charge in [0.15, 0.2) is 0 Å². The molecular formula is C14H12N5O2+. The van der Waals surface area contributed by atoms with Crippen LogP contribution in [-0.4, -0.2) is 21.3 Å². The van der Waals surface area contributed by atoms with Crippen LogP contribution in [0.5, 0.6) is 0 Å². The Morgan fingerprint density at radius 2 is 1.86 bits per heavy atom. The topological polar surface area (TPSA) is 102 Å². The number of nitrogens with zero attached hydrogens (tertiary/aromatic N) is 2. The summed E-state index contributed by atoms with van der Waals surface area (Å²) >= 11 is 0. The van der Waals surface area contributed by atoms with Crippen molar-refractivity contribution in [2.45, 2.75) is 6.54 Å². The van der Waals surface area contributed by atoms with E-state index in [1.54, 1.807) is 47.6 Å². The smallest absolute Gasteiger partial charge is 0.253 e. The van der Waals surface area contributed by atoms with Crippen LogP contribution in [0, 0.1) is 4.91 Å². The summed E-state index contributed by atoms with van der Waals surface area (Å²) in [5.41, 5.74) is 3.28. The number of carbonyl (C=O) groups excluding carboxylic acids is 1. The number of benzene rings is 2. The second kappa shape index (κ2) is 5.49. The van der Waals surface area contributed by atoms with Crippen LogP contribution in [0.2, 0.25) is 0 Å². The summed E-state index contributed by atoms with van der Waals surface area (Å²) in [4.78, 5) is 22.5. The van der Waals surface area contributed by atoms with Gasteiger partial charge >= 0.3 is 0 Å². The molecule has 1 amide bonds. The molecule has 0 atom stereocenters. The minimum atomic E-state index is -0.189. The first-order valence-electron chi connectivity index (χ1n) is 6.32. The zero-order valence-electron chi connectivity index (χ0n) is 11.0. The molecule has 1 aromatic heterocycles. The summed E-state index contributed by atoms with van der Waals surface area (Å²) in [5, 5.41) is 15.0. The zero-order chi connectivity index (χ0) is 14.7. The van der Waals surface area contributed by atoms with E-state index in [-0.39, 0.29) is 5.91 Å². The number of nitroso groups, excluding NO2 is 1. The van der Waals surface area contributed by atoms with Gasteiger partial charge in [0.25, 0.3) is 11.6 Å². The van der Waals surface area contributed by atoms with Crippen molar-refractivity contribution in [3.8, 4) is 0 Å². The van der Waals surface area contributed by atoms with Crippen molar-refractivity contribution in [2.24, 2.45) is 0 Å². The molecule has 0 spiro atoms. The fraction of sp³-hybridized carbons (Fsp3) is 0.0714. The molecule has 2 aromatic carbocycles. The molecule has 0 fully saturated rings. The lowest BCUT2D eigenvalue weighted by Gasteiger charge is -2.05. The summed E-state index contributed by atoms with van der Waals surface area (Å²) in [6.45, 7) is 0.384. The van der Waals surface area contributed by atoms with Crippen molar-refractivity contribution < 1.29 is 9.97 Å². The third-order valence-electron chi connectivity index (χ3n) is 3.10. The Kier molecular flexibility index (Phi) is 3.38. The maximum atomic E-state index is 12.1. The molecular weight excluding hydrogens is 270 g/mol. The lowest BCUT2D eigenvalue weighted by molar-refractivity contribution is -0.379. The molecule has 0 radical (unpaired) electrons. The Bertz CT molecular complexity index is 794. The van der Waals surface area contributed by atoms with Crippen molar-refractivity contribution >= 4 is 22.6 Å². The molecule has 21 heavy (non-hydrogen) atoms. The molecule has 7 heteroatoms.